The Morgan fingerprint density at radius 2 is 1.43 bits per heavy atom. The first-order valence-electron chi connectivity index (χ1n) is 5.10. The van der Waals surface area contributed by atoms with Crippen molar-refractivity contribution in [3.63, 3.8) is 0 Å². The highest BCUT2D eigenvalue weighted by atomic mass is 16.3. The third-order valence-electron chi connectivity index (χ3n) is 2.97. The van der Waals surface area contributed by atoms with Crippen LogP contribution in [0.1, 0.15) is 26.2 Å². The first-order chi connectivity index (χ1) is 6.66. The smallest absolute Gasteiger partial charge is 0.0462 e. The second kappa shape index (κ2) is 6.61. The average molecular weight is 194 g/mol. The van der Waals surface area contributed by atoms with Crippen LogP contribution in [0, 0.1) is 11.3 Å². The van der Waals surface area contributed by atoms with E-state index in [1.807, 2.05) is 18.2 Å². The molecule has 14 heavy (non-hydrogen) atoms. The lowest BCUT2D eigenvalue weighted by Crippen LogP contribution is -2.30. The van der Waals surface area contributed by atoms with Gasteiger partial charge >= 0.3 is 0 Å². The predicted octanol–water partition coefficient (Wildman–Crippen LogP) is 3.33. The van der Waals surface area contributed by atoms with Gasteiger partial charge in [0.05, 0.1) is 0 Å². The van der Waals surface area contributed by atoms with Gasteiger partial charge in [-0.2, -0.15) is 0 Å². The van der Waals surface area contributed by atoms with Crippen LogP contribution < -0.4 is 0 Å². The molecule has 0 amide bonds. The van der Waals surface area contributed by atoms with Crippen molar-refractivity contribution in [2.75, 3.05) is 6.61 Å². The van der Waals surface area contributed by atoms with Crippen LogP contribution in [-0.2, 0) is 0 Å². The number of allylic oxidation sites excluding steroid dienone is 3. The van der Waals surface area contributed by atoms with E-state index in [4.69, 9.17) is 0 Å². The van der Waals surface area contributed by atoms with Crippen molar-refractivity contribution in [2.45, 2.75) is 26.2 Å². The van der Waals surface area contributed by atoms with Gasteiger partial charge in [0.1, 0.15) is 0 Å². The topological polar surface area (TPSA) is 20.2 Å². The first kappa shape index (κ1) is 13.2. The molecule has 0 rings (SSSR count). The van der Waals surface area contributed by atoms with Crippen LogP contribution in [0.4, 0.5) is 0 Å². The monoisotopic (exact) mass is 194 g/mol. The lowest BCUT2D eigenvalue weighted by Gasteiger charge is -2.36. The fourth-order valence-corrected chi connectivity index (χ4v) is 1.91. The van der Waals surface area contributed by atoms with Crippen LogP contribution in [0.25, 0.3) is 0 Å². The lowest BCUT2D eigenvalue weighted by molar-refractivity contribution is 0.105. The summed E-state index contributed by atoms with van der Waals surface area (Å²) in [6.07, 6.45) is 8.43. The molecule has 0 saturated carbocycles. The quantitative estimate of drug-likeness (QED) is 0.588. The van der Waals surface area contributed by atoms with Crippen molar-refractivity contribution < 1.29 is 5.11 Å². The minimum atomic E-state index is 0.0556. The maximum Gasteiger partial charge on any atom is 0.0462 e. The molecule has 1 nitrogen and oxygen atoms in total. The molecule has 1 N–H and O–H groups in total. The molecular weight excluding hydrogens is 172 g/mol. The summed E-state index contributed by atoms with van der Waals surface area (Å²) in [5, 5.41) is 9.25. The van der Waals surface area contributed by atoms with Gasteiger partial charge in [-0.15, -0.1) is 19.7 Å². The van der Waals surface area contributed by atoms with Crippen LogP contribution in [0.5, 0.6) is 0 Å². The van der Waals surface area contributed by atoms with Crippen molar-refractivity contribution in [1.29, 1.82) is 0 Å². The summed E-state index contributed by atoms with van der Waals surface area (Å²) in [6, 6.07) is 0. The van der Waals surface area contributed by atoms with Crippen molar-refractivity contribution in [1.82, 2.24) is 0 Å². The first-order valence-corrected chi connectivity index (χ1v) is 5.10. The summed E-state index contributed by atoms with van der Waals surface area (Å²) in [4.78, 5) is 0. The van der Waals surface area contributed by atoms with E-state index in [1.165, 1.54) is 0 Å². The highest BCUT2D eigenvalue weighted by Gasteiger charge is 2.31. The van der Waals surface area contributed by atoms with Crippen molar-refractivity contribution in [3.05, 3.63) is 38.0 Å². The Morgan fingerprint density at radius 3 is 1.64 bits per heavy atom. The normalized spacial score (nSPS) is 13.3. The maximum atomic E-state index is 9.25. The van der Waals surface area contributed by atoms with E-state index in [9.17, 15) is 5.11 Å². The van der Waals surface area contributed by atoms with E-state index in [-0.39, 0.29) is 17.9 Å². The summed E-state index contributed by atoms with van der Waals surface area (Å²) in [6.45, 7) is 13.6. The zero-order valence-electron chi connectivity index (χ0n) is 9.21. The van der Waals surface area contributed by atoms with Crippen LogP contribution in [0.3, 0.4) is 0 Å². The maximum absolute atomic E-state index is 9.25. The summed E-state index contributed by atoms with van der Waals surface area (Å²) < 4.78 is 0. The Balaban J connectivity index is 4.78. The molecule has 0 aromatic heterocycles. The molecular formula is C13H22O. The van der Waals surface area contributed by atoms with Crippen LogP contribution in [0.2, 0.25) is 0 Å². The Hall–Kier alpha value is -0.820. The Kier molecular flexibility index (Phi) is 6.22. The molecule has 0 bridgehead atoms. The fourth-order valence-electron chi connectivity index (χ4n) is 1.91. The third kappa shape index (κ3) is 3.15. The Morgan fingerprint density at radius 1 is 1.07 bits per heavy atom. The summed E-state index contributed by atoms with van der Waals surface area (Å²) in [5.41, 5.74) is 0.0556. The van der Waals surface area contributed by atoms with Crippen molar-refractivity contribution >= 4 is 0 Å². The lowest BCUT2D eigenvalue weighted by atomic mass is 9.69. The van der Waals surface area contributed by atoms with Gasteiger partial charge in [-0.3, -0.25) is 0 Å². The highest BCUT2D eigenvalue weighted by molar-refractivity contribution is 4.98. The van der Waals surface area contributed by atoms with E-state index < -0.39 is 0 Å². The van der Waals surface area contributed by atoms with E-state index in [0.29, 0.717) is 0 Å². The molecule has 0 spiro atoms. The zero-order chi connectivity index (χ0) is 11.0. The van der Waals surface area contributed by atoms with E-state index in [2.05, 4.69) is 26.7 Å². The third-order valence-corrected chi connectivity index (χ3v) is 2.97. The largest absolute Gasteiger partial charge is 0.396 e. The molecule has 0 aromatic rings. The zero-order valence-corrected chi connectivity index (χ0v) is 9.21. The standard InChI is InChI=1S/C13H22O/c1-5-8-13(9-6-2,10-7-3)12(4)11-14/h5-7,12,14H,1-3,8-11H2,4H3. The molecule has 0 saturated heterocycles. The minimum Gasteiger partial charge on any atom is -0.396 e. The second-order valence-electron chi connectivity index (χ2n) is 3.92. The molecule has 1 heteroatoms. The molecule has 1 unspecified atom stereocenters. The van der Waals surface area contributed by atoms with Crippen molar-refractivity contribution in [3.8, 4) is 0 Å². The summed E-state index contributed by atoms with van der Waals surface area (Å²) >= 11 is 0. The summed E-state index contributed by atoms with van der Waals surface area (Å²) in [7, 11) is 0. The molecule has 0 fully saturated rings. The number of aliphatic hydroxyl groups is 1. The van der Waals surface area contributed by atoms with Crippen LogP contribution in [-0.4, -0.2) is 11.7 Å². The number of hydrogen-bond donors (Lipinski definition) is 1. The summed E-state index contributed by atoms with van der Waals surface area (Å²) in [5.74, 6) is 0.247. The molecule has 0 aliphatic rings. The van der Waals surface area contributed by atoms with Crippen molar-refractivity contribution in [2.24, 2.45) is 11.3 Å². The minimum absolute atomic E-state index is 0.0556. The number of hydrogen-bond acceptors (Lipinski definition) is 1. The molecule has 1 atom stereocenters. The Labute approximate surface area is 87.8 Å². The van der Waals surface area contributed by atoms with Crippen LogP contribution in [0.15, 0.2) is 38.0 Å². The molecule has 0 aromatic carbocycles. The predicted molar refractivity (Wildman–Crippen MR) is 63.1 cm³/mol. The fraction of sp³-hybridized carbons (Fsp3) is 0.538. The van der Waals surface area contributed by atoms with E-state index in [0.717, 1.165) is 19.3 Å². The van der Waals surface area contributed by atoms with Gasteiger partial charge in [0.2, 0.25) is 0 Å². The van der Waals surface area contributed by atoms with Gasteiger partial charge in [-0.25, -0.2) is 0 Å². The molecule has 0 aliphatic heterocycles. The van der Waals surface area contributed by atoms with Gasteiger partial charge in [-0.1, -0.05) is 25.2 Å². The average Bonchev–Trinajstić information content (AvgIpc) is 2.17. The van der Waals surface area contributed by atoms with Gasteiger partial charge in [-0.05, 0) is 30.6 Å². The van der Waals surface area contributed by atoms with Gasteiger partial charge in [0.25, 0.3) is 0 Å². The van der Waals surface area contributed by atoms with Crippen LogP contribution >= 0.6 is 0 Å². The van der Waals surface area contributed by atoms with E-state index >= 15 is 0 Å². The molecule has 0 heterocycles. The molecule has 0 radical (unpaired) electrons. The van der Waals surface area contributed by atoms with Gasteiger partial charge in [0, 0.05) is 6.61 Å². The number of aliphatic hydroxyl groups excluding tert-OH is 1. The Bertz CT molecular complexity index is 167. The second-order valence-corrected chi connectivity index (χ2v) is 3.92. The SMILES string of the molecule is C=CCC(CC=C)(CC=C)C(C)CO. The van der Waals surface area contributed by atoms with Gasteiger partial charge in [0.15, 0.2) is 0 Å². The van der Waals surface area contributed by atoms with E-state index in [1.54, 1.807) is 0 Å². The highest BCUT2D eigenvalue weighted by Crippen LogP contribution is 2.39. The number of rotatable bonds is 8. The molecule has 0 aliphatic carbocycles. The molecule has 80 valence electrons. The van der Waals surface area contributed by atoms with Gasteiger partial charge < -0.3 is 5.11 Å².